The third-order valence-electron chi connectivity index (χ3n) is 3.95. The lowest BCUT2D eigenvalue weighted by molar-refractivity contribution is 0.0915. The molecule has 0 saturated heterocycles. The Labute approximate surface area is 166 Å². The highest BCUT2D eigenvalue weighted by molar-refractivity contribution is 7.17. The molecular weight excluding hydrogens is 389 g/mol. The predicted molar refractivity (Wildman–Crippen MR) is 107 cm³/mol. The number of benzene rings is 1. The molecule has 3 rings (SSSR count). The molecule has 3 aromatic rings. The zero-order chi connectivity index (χ0) is 18.9. The first kappa shape index (κ1) is 18.8. The van der Waals surface area contributed by atoms with Crippen molar-refractivity contribution in [2.45, 2.75) is 26.3 Å². The maximum absolute atomic E-state index is 12.8. The van der Waals surface area contributed by atoms with Gasteiger partial charge in [-0.15, -0.1) is 11.3 Å². The van der Waals surface area contributed by atoms with Crippen molar-refractivity contribution in [3.05, 3.63) is 68.8 Å². The van der Waals surface area contributed by atoms with E-state index in [2.05, 4.69) is 15.3 Å². The molecule has 134 valence electrons. The second kappa shape index (κ2) is 7.35. The number of aryl methyl sites for hydroxylation is 1. The first-order chi connectivity index (χ1) is 12.3. The molecule has 0 saturated carbocycles. The van der Waals surface area contributed by atoms with Gasteiger partial charge in [0.05, 0.1) is 27.0 Å². The minimum atomic E-state index is -0.618. The monoisotopic (exact) mass is 405 g/mol. The number of hydrogen-bond donors (Lipinski definition) is 1. The van der Waals surface area contributed by atoms with Crippen LogP contribution in [0.2, 0.25) is 10.0 Å². The summed E-state index contributed by atoms with van der Waals surface area (Å²) in [6.07, 6.45) is 1.71. The van der Waals surface area contributed by atoms with Crippen molar-refractivity contribution in [3.63, 3.8) is 0 Å². The molecule has 0 unspecified atom stereocenters. The SMILES string of the molecule is Cc1nc(-c2ccccn2)sc1C(=O)NC(C)(C)c1ccc(Cl)c(Cl)c1. The highest BCUT2D eigenvalue weighted by Crippen LogP contribution is 2.30. The molecule has 0 bridgehead atoms. The van der Waals surface area contributed by atoms with Crippen LogP contribution in [0.25, 0.3) is 10.7 Å². The third-order valence-corrected chi connectivity index (χ3v) is 5.87. The minimum Gasteiger partial charge on any atom is -0.342 e. The van der Waals surface area contributed by atoms with E-state index in [9.17, 15) is 4.79 Å². The third kappa shape index (κ3) is 3.90. The van der Waals surface area contributed by atoms with Gasteiger partial charge in [-0.3, -0.25) is 9.78 Å². The van der Waals surface area contributed by atoms with Crippen molar-refractivity contribution in [2.24, 2.45) is 0 Å². The van der Waals surface area contributed by atoms with Gasteiger partial charge < -0.3 is 5.32 Å². The highest BCUT2D eigenvalue weighted by Gasteiger charge is 2.26. The van der Waals surface area contributed by atoms with Crippen molar-refractivity contribution in [1.29, 1.82) is 0 Å². The minimum absolute atomic E-state index is 0.182. The smallest absolute Gasteiger partial charge is 0.263 e. The second-order valence-electron chi connectivity index (χ2n) is 6.36. The van der Waals surface area contributed by atoms with E-state index in [0.29, 0.717) is 20.6 Å². The van der Waals surface area contributed by atoms with Gasteiger partial charge in [0, 0.05) is 6.20 Å². The molecule has 0 aliphatic carbocycles. The Bertz CT molecular complexity index is 955. The maximum atomic E-state index is 12.8. The Hall–Kier alpha value is -1.95. The van der Waals surface area contributed by atoms with Crippen LogP contribution in [0.3, 0.4) is 0 Å². The predicted octanol–water partition coefficient (Wildman–Crippen LogP) is 5.49. The quantitative estimate of drug-likeness (QED) is 0.624. The molecule has 0 spiro atoms. The maximum Gasteiger partial charge on any atom is 0.263 e. The average molecular weight is 406 g/mol. The zero-order valence-electron chi connectivity index (χ0n) is 14.5. The summed E-state index contributed by atoms with van der Waals surface area (Å²) in [4.78, 5) is 22.2. The van der Waals surface area contributed by atoms with E-state index in [-0.39, 0.29) is 5.91 Å². The van der Waals surface area contributed by atoms with Gasteiger partial charge in [-0.05, 0) is 50.6 Å². The van der Waals surface area contributed by atoms with Gasteiger partial charge in [0.15, 0.2) is 0 Å². The van der Waals surface area contributed by atoms with Crippen LogP contribution in [-0.2, 0) is 5.54 Å². The molecule has 7 heteroatoms. The van der Waals surface area contributed by atoms with Crippen molar-refractivity contribution < 1.29 is 4.79 Å². The Morgan fingerprint density at radius 2 is 1.92 bits per heavy atom. The van der Waals surface area contributed by atoms with Gasteiger partial charge >= 0.3 is 0 Å². The molecular formula is C19H17Cl2N3OS. The van der Waals surface area contributed by atoms with Crippen LogP contribution in [0.15, 0.2) is 42.6 Å². The standard InChI is InChI=1S/C19H17Cl2N3OS/c1-11-16(26-18(23-11)15-6-4-5-9-22-15)17(25)24-19(2,3)12-7-8-13(20)14(21)10-12/h4-10H,1-3H3,(H,24,25). The zero-order valence-corrected chi connectivity index (χ0v) is 16.8. The normalized spacial score (nSPS) is 11.4. The summed E-state index contributed by atoms with van der Waals surface area (Å²) in [5.41, 5.74) is 1.68. The van der Waals surface area contributed by atoms with Gasteiger partial charge in [0.2, 0.25) is 0 Å². The number of nitrogens with zero attached hydrogens (tertiary/aromatic N) is 2. The lowest BCUT2D eigenvalue weighted by atomic mass is 9.94. The van der Waals surface area contributed by atoms with E-state index in [1.807, 2.05) is 45.0 Å². The van der Waals surface area contributed by atoms with Crippen molar-refractivity contribution in [2.75, 3.05) is 0 Å². The summed E-state index contributed by atoms with van der Waals surface area (Å²) < 4.78 is 0. The van der Waals surface area contributed by atoms with E-state index in [1.54, 1.807) is 18.3 Å². The molecule has 0 radical (unpaired) electrons. The van der Waals surface area contributed by atoms with Crippen LogP contribution in [0, 0.1) is 6.92 Å². The van der Waals surface area contributed by atoms with Crippen LogP contribution in [0.5, 0.6) is 0 Å². The van der Waals surface area contributed by atoms with Gasteiger partial charge in [0.1, 0.15) is 9.88 Å². The first-order valence-corrected chi connectivity index (χ1v) is 9.52. The summed E-state index contributed by atoms with van der Waals surface area (Å²) in [6.45, 7) is 5.66. The average Bonchev–Trinajstić information content (AvgIpc) is 2.99. The topological polar surface area (TPSA) is 54.9 Å². The van der Waals surface area contributed by atoms with E-state index < -0.39 is 5.54 Å². The Morgan fingerprint density at radius 3 is 2.58 bits per heavy atom. The van der Waals surface area contributed by atoms with Gasteiger partial charge in [-0.25, -0.2) is 4.98 Å². The molecule has 26 heavy (non-hydrogen) atoms. The lowest BCUT2D eigenvalue weighted by Gasteiger charge is -2.27. The van der Waals surface area contributed by atoms with Crippen LogP contribution in [0.1, 0.15) is 34.8 Å². The fourth-order valence-corrected chi connectivity index (χ4v) is 3.74. The van der Waals surface area contributed by atoms with Crippen molar-refractivity contribution in [3.8, 4) is 10.7 Å². The molecule has 0 aliphatic rings. The molecule has 0 aliphatic heterocycles. The van der Waals surface area contributed by atoms with Gasteiger partial charge in [-0.1, -0.05) is 35.3 Å². The molecule has 2 heterocycles. The lowest BCUT2D eigenvalue weighted by Crippen LogP contribution is -2.40. The fraction of sp³-hybridized carbons (Fsp3) is 0.211. The Kier molecular flexibility index (Phi) is 5.32. The van der Waals surface area contributed by atoms with Crippen molar-refractivity contribution in [1.82, 2.24) is 15.3 Å². The second-order valence-corrected chi connectivity index (χ2v) is 8.17. The van der Waals surface area contributed by atoms with E-state index in [1.165, 1.54) is 11.3 Å². The number of thiazole rings is 1. The molecule has 0 fully saturated rings. The Balaban J connectivity index is 1.85. The number of amides is 1. The van der Waals surface area contributed by atoms with Crippen LogP contribution < -0.4 is 5.32 Å². The highest BCUT2D eigenvalue weighted by atomic mass is 35.5. The summed E-state index contributed by atoms with van der Waals surface area (Å²) in [6, 6.07) is 11.0. The first-order valence-electron chi connectivity index (χ1n) is 7.95. The molecule has 1 amide bonds. The summed E-state index contributed by atoms with van der Waals surface area (Å²) >= 11 is 13.4. The largest absolute Gasteiger partial charge is 0.342 e. The number of aromatic nitrogens is 2. The molecule has 1 N–H and O–H groups in total. The van der Waals surface area contributed by atoms with Crippen LogP contribution >= 0.6 is 34.5 Å². The molecule has 0 atom stereocenters. The fourth-order valence-electron chi connectivity index (χ4n) is 2.50. The summed E-state index contributed by atoms with van der Waals surface area (Å²) in [5, 5.41) is 4.71. The van der Waals surface area contributed by atoms with E-state index in [0.717, 1.165) is 16.3 Å². The van der Waals surface area contributed by atoms with E-state index >= 15 is 0 Å². The summed E-state index contributed by atoms with van der Waals surface area (Å²) in [7, 11) is 0. The van der Waals surface area contributed by atoms with Crippen LogP contribution in [0.4, 0.5) is 0 Å². The van der Waals surface area contributed by atoms with E-state index in [4.69, 9.17) is 23.2 Å². The summed E-state index contributed by atoms with van der Waals surface area (Å²) in [5.74, 6) is -0.182. The number of nitrogens with one attached hydrogen (secondary N) is 1. The molecule has 2 aromatic heterocycles. The van der Waals surface area contributed by atoms with Crippen molar-refractivity contribution >= 4 is 40.4 Å². The number of carbonyl (C=O) groups excluding carboxylic acids is 1. The van der Waals surface area contributed by atoms with Gasteiger partial charge in [0.25, 0.3) is 5.91 Å². The number of carbonyl (C=O) groups is 1. The Morgan fingerprint density at radius 1 is 1.15 bits per heavy atom. The number of pyridine rings is 1. The number of halogens is 2. The number of hydrogen-bond acceptors (Lipinski definition) is 4. The number of rotatable bonds is 4. The molecule has 4 nitrogen and oxygen atoms in total. The van der Waals surface area contributed by atoms with Crippen LogP contribution in [-0.4, -0.2) is 15.9 Å². The van der Waals surface area contributed by atoms with Gasteiger partial charge in [-0.2, -0.15) is 0 Å². The molecule has 1 aromatic carbocycles.